The third kappa shape index (κ3) is 4.02. The van der Waals surface area contributed by atoms with E-state index in [0.29, 0.717) is 6.07 Å². The molecule has 0 aliphatic rings. The van der Waals surface area contributed by atoms with Gasteiger partial charge in [0.25, 0.3) is 5.56 Å². The van der Waals surface area contributed by atoms with Crippen LogP contribution in [0.15, 0.2) is 23.1 Å². The molecule has 8 nitrogen and oxygen atoms in total. The molecule has 1 N–H and O–H groups in total. The number of carbonyl (C=O) groups excluding carboxylic acids is 1. The summed E-state index contributed by atoms with van der Waals surface area (Å²) in [6.45, 7) is -0.561. The zero-order valence-electron chi connectivity index (χ0n) is 14.0. The monoisotopic (exact) mass is 392 g/mol. The van der Waals surface area contributed by atoms with Crippen molar-refractivity contribution in [2.24, 2.45) is 7.05 Å². The van der Waals surface area contributed by atoms with E-state index in [0.717, 1.165) is 34.6 Å². The molecule has 2 aromatic rings. The molecule has 2 rings (SSSR count). The Balaban J connectivity index is 2.59. The Hall–Kier alpha value is -2.47. The molecule has 2 aromatic heterocycles. The van der Waals surface area contributed by atoms with E-state index in [2.05, 4.69) is 10.1 Å². The number of alkyl halides is 3. The molecule has 0 atom stereocenters. The number of ketones is 1. The number of hydrogen-bond acceptors (Lipinski definition) is 5. The molecular formula is C14H15F3N4O4S. The number of pyridine rings is 1. The van der Waals surface area contributed by atoms with Gasteiger partial charge in [0.2, 0.25) is 15.8 Å². The molecule has 12 heteroatoms. The summed E-state index contributed by atoms with van der Waals surface area (Å²) in [4.78, 5) is 27.9. The van der Waals surface area contributed by atoms with Crippen LogP contribution in [-0.4, -0.2) is 46.6 Å². The average Bonchev–Trinajstić information content (AvgIpc) is 2.84. The lowest BCUT2D eigenvalue weighted by atomic mass is 10.0. The number of aromatic amines is 1. The Kier molecular flexibility index (Phi) is 5.10. The van der Waals surface area contributed by atoms with Crippen molar-refractivity contribution in [3.8, 4) is 0 Å². The first-order chi connectivity index (χ1) is 11.8. The molecule has 0 aliphatic heterocycles. The topological polar surface area (TPSA) is 105 Å². The Bertz CT molecular complexity index is 1010. The van der Waals surface area contributed by atoms with Gasteiger partial charge in [-0.3, -0.25) is 14.3 Å². The second-order valence-electron chi connectivity index (χ2n) is 5.59. The van der Waals surface area contributed by atoms with Crippen LogP contribution in [-0.2, 0) is 29.8 Å². The fraction of sp³-hybridized carbons (Fsp3) is 0.357. The van der Waals surface area contributed by atoms with Gasteiger partial charge in [-0.25, -0.2) is 13.4 Å². The largest absolute Gasteiger partial charge is 0.433 e. The fourth-order valence-electron chi connectivity index (χ4n) is 2.08. The van der Waals surface area contributed by atoms with Crippen molar-refractivity contribution in [1.82, 2.24) is 19.1 Å². The van der Waals surface area contributed by atoms with E-state index in [1.807, 2.05) is 0 Å². The smallest absolute Gasteiger partial charge is 0.302 e. The minimum atomic E-state index is -4.77. The molecule has 0 radical (unpaired) electrons. The Labute approximate surface area is 146 Å². The zero-order chi connectivity index (χ0) is 19.9. The van der Waals surface area contributed by atoms with Gasteiger partial charge >= 0.3 is 6.18 Å². The van der Waals surface area contributed by atoms with Gasteiger partial charge in [0.1, 0.15) is 11.3 Å². The predicted molar refractivity (Wildman–Crippen MR) is 85.0 cm³/mol. The van der Waals surface area contributed by atoms with Crippen molar-refractivity contribution < 1.29 is 26.4 Å². The first-order valence-corrected chi connectivity index (χ1v) is 8.94. The highest BCUT2D eigenvalue weighted by Gasteiger charge is 2.34. The van der Waals surface area contributed by atoms with E-state index in [4.69, 9.17) is 0 Å². The molecule has 0 aliphatic carbocycles. The molecule has 0 saturated carbocycles. The minimum Gasteiger partial charge on any atom is -0.302 e. The summed E-state index contributed by atoms with van der Waals surface area (Å²) in [6.07, 6.45) is -2.79. The van der Waals surface area contributed by atoms with E-state index in [9.17, 15) is 31.2 Å². The van der Waals surface area contributed by atoms with Gasteiger partial charge in [0, 0.05) is 25.9 Å². The van der Waals surface area contributed by atoms with Gasteiger partial charge in [-0.15, -0.1) is 0 Å². The van der Waals surface area contributed by atoms with Crippen molar-refractivity contribution >= 4 is 15.8 Å². The number of rotatable bonds is 5. The number of aryl methyl sites for hydroxylation is 1. The number of halogens is 3. The second-order valence-corrected chi connectivity index (χ2v) is 7.68. The van der Waals surface area contributed by atoms with E-state index in [1.165, 1.54) is 7.05 Å². The standard InChI is InChI=1S/C14H15F3N4O4S/c1-20(26(3,24)25)7-10-8(4-5-11(19-10)14(15,16)17)12(22)9-6-18-21(2)13(9)23/h4-6,18H,7H2,1-3H3. The molecule has 0 unspecified atom stereocenters. The summed E-state index contributed by atoms with van der Waals surface area (Å²) in [5.41, 5.74) is -2.92. The molecular weight excluding hydrogens is 377 g/mol. The van der Waals surface area contributed by atoms with E-state index < -0.39 is 45.5 Å². The van der Waals surface area contributed by atoms with Gasteiger partial charge in [-0.05, 0) is 12.1 Å². The van der Waals surface area contributed by atoms with Crippen LogP contribution in [0.5, 0.6) is 0 Å². The van der Waals surface area contributed by atoms with Gasteiger partial charge in [-0.2, -0.15) is 17.5 Å². The highest BCUT2D eigenvalue weighted by molar-refractivity contribution is 7.88. The van der Waals surface area contributed by atoms with Crippen LogP contribution in [0.3, 0.4) is 0 Å². The maximum Gasteiger partial charge on any atom is 0.433 e. The summed E-state index contributed by atoms with van der Waals surface area (Å²) >= 11 is 0. The number of hydrogen-bond donors (Lipinski definition) is 1. The third-order valence-corrected chi connectivity index (χ3v) is 4.89. The maximum atomic E-state index is 12.9. The summed E-state index contributed by atoms with van der Waals surface area (Å²) in [5, 5.41) is 2.48. The van der Waals surface area contributed by atoms with Gasteiger partial charge in [0.15, 0.2) is 0 Å². The third-order valence-electron chi connectivity index (χ3n) is 3.63. The van der Waals surface area contributed by atoms with E-state index >= 15 is 0 Å². The van der Waals surface area contributed by atoms with Crippen LogP contribution >= 0.6 is 0 Å². The van der Waals surface area contributed by atoms with Crippen LogP contribution < -0.4 is 5.56 Å². The number of nitrogens with one attached hydrogen (secondary N) is 1. The van der Waals surface area contributed by atoms with Gasteiger partial charge in [0.05, 0.1) is 18.5 Å². The summed E-state index contributed by atoms with van der Waals surface area (Å²) in [5.74, 6) is -0.857. The molecule has 26 heavy (non-hydrogen) atoms. The number of carbonyl (C=O) groups is 1. The van der Waals surface area contributed by atoms with Gasteiger partial charge < -0.3 is 5.10 Å². The highest BCUT2D eigenvalue weighted by atomic mass is 32.2. The van der Waals surface area contributed by atoms with Gasteiger partial charge in [-0.1, -0.05) is 0 Å². The van der Waals surface area contributed by atoms with Crippen molar-refractivity contribution in [2.75, 3.05) is 13.3 Å². The van der Waals surface area contributed by atoms with E-state index in [-0.39, 0.29) is 11.1 Å². The number of aromatic nitrogens is 3. The molecule has 0 aromatic carbocycles. The molecule has 142 valence electrons. The number of nitrogens with zero attached hydrogens (tertiary/aromatic N) is 3. The van der Waals surface area contributed by atoms with Crippen LogP contribution in [0.2, 0.25) is 0 Å². The first kappa shape index (κ1) is 19.8. The van der Waals surface area contributed by atoms with Crippen LogP contribution in [0.4, 0.5) is 13.2 Å². The molecule has 0 saturated heterocycles. The predicted octanol–water partition coefficient (Wildman–Crippen LogP) is 0.750. The average molecular weight is 392 g/mol. The molecule has 0 spiro atoms. The molecule has 0 bridgehead atoms. The SMILES string of the molecule is CN(Cc1nc(C(F)(F)F)ccc1C(=O)c1c[nH]n(C)c1=O)S(C)(=O)=O. The lowest BCUT2D eigenvalue weighted by Crippen LogP contribution is -2.28. The summed E-state index contributed by atoms with van der Waals surface area (Å²) in [6, 6.07) is 1.49. The van der Waals surface area contributed by atoms with Crippen LogP contribution in [0.1, 0.15) is 27.3 Å². The maximum absolute atomic E-state index is 12.9. The number of H-pyrrole nitrogens is 1. The number of sulfonamides is 1. The van der Waals surface area contributed by atoms with Crippen molar-refractivity contribution in [1.29, 1.82) is 0 Å². The first-order valence-electron chi connectivity index (χ1n) is 7.10. The van der Waals surface area contributed by atoms with E-state index in [1.54, 1.807) is 0 Å². The fourth-order valence-corrected chi connectivity index (χ4v) is 2.44. The Morgan fingerprint density at radius 3 is 2.38 bits per heavy atom. The molecule has 0 fully saturated rings. The normalized spacial score (nSPS) is 12.6. The summed E-state index contributed by atoms with van der Waals surface area (Å²) in [7, 11) is -1.23. The van der Waals surface area contributed by atoms with Crippen LogP contribution in [0, 0.1) is 0 Å². The zero-order valence-corrected chi connectivity index (χ0v) is 14.8. The van der Waals surface area contributed by atoms with Crippen LogP contribution in [0.25, 0.3) is 0 Å². The molecule has 2 heterocycles. The molecule has 0 amide bonds. The highest BCUT2D eigenvalue weighted by Crippen LogP contribution is 2.29. The summed E-state index contributed by atoms with van der Waals surface area (Å²) < 4.78 is 63.7. The Morgan fingerprint density at radius 1 is 1.31 bits per heavy atom. The minimum absolute atomic E-state index is 0.287. The van der Waals surface area contributed by atoms with Crippen molar-refractivity contribution in [2.45, 2.75) is 12.7 Å². The Morgan fingerprint density at radius 2 is 1.92 bits per heavy atom. The van der Waals surface area contributed by atoms with Crippen molar-refractivity contribution in [3.63, 3.8) is 0 Å². The quantitative estimate of drug-likeness (QED) is 0.756. The van der Waals surface area contributed by atoms with Crippen molar-refractivity contribution in [3.05, 3.63) is 51.2 Å². The lowest BCUT2D eigenvalue weighted by molar-refractivity contribution is -0.141. The second kappa shape index (κ2) is 6.68. The lowest BCUT2D eigenvalue weighted by Gasteiger charge is -2.17.